The van der Waals surface area contributed by atoms with E-state index in [1.54, 1.807) is 12.0 Å². The van der Waals surface area contributed by atoms with E-state index >= 15 is 0 Å². The maximum atomic E-state index is 13.0. The average Bonchev–Trinajstić information content (AvgIpc) is 3.18. The third kappa shape index (κ3) is 4.60. The van der Waals surface area contributed by atoms with E-state index in [9.17, 15) is 14.4 Å². The van der Waals surface area contributed by atoms with Crippen LogP contribution in [-0.4, -0.2) is 72.4 Å². The van der Waals surface area contributed by atoms with Gasteiger partial charge in [-0.3, -0.25) is 19.4 Å². The molecule has 2 saturated heterocycles. The first-order valence-corrected chi connectivity index (χ1v) is 11.2. The molecule has 2 N–H and O–H groups in total. The number of primary amides is 1. The Morgan fingerprint density at radius 3 is 2.69 bits per heavy atom. The highest BCUT2D eigenvalue weighted by Crippen LogP contribution is 2.32. The number of carbonyl (C=O) groups is 3. The molecular weight excluding hydrogens is 408 g/mol. The van der Waals surface area contributed by atoms with Gasteiger partial charge in [0.25, 0.3) is 5.91 Å². The van der Waals surface area contributed by atoms with E-state index in [-0.39, 0.29) is 30.1 Å². The number of nitrogens with two attached hydrogens (primary N) is 1. The number of pyridine rings is 1. The molecule has 0 saturated carbocycles. The van der Waals surface area contributed by atoms with Gasteiger partial charge in [0.1, 0.15) is 0 Å². The van der Waals surface area contributed by atoms with Crippen LogP contribution in [0.1, 0.15) is 47.7 Å². The molecule has 170 valence electrons. The van der Waals surface area contributed by atoms with E-state index in [0.717, 1.165) is 35.9 Å². The standard InChI is InChI=1S/C24H30N4O4/c1-32-12-4-9-28-15-18(14-21(28)29)24(31)27-10-7-16(8-11-27)22-19(23(25)30)13-17-5-2-3-6-20(17)26-22/h2-3,5-6,13,16,18H,4,7-12,14-15H2,1H3,(H2,25,30)/t18-/m0/s1. The minimum atomic E-state index is -0.477. The lowest BCUT2D eigenvalue weighted by atomic mass is 9.89. The molecule has 2 aromatic rings. The Morgan fingerprint density at radius 2 is 1.97 bits per heavy atom. The first kappa shape index (κ1) is 22.2. The van der Waals surface area contributed by atoms with E-state index in [2.05, 4.69) is 0 Å². The molecule has 2 aliphatic heterocycles. The van der Waals surface area contributed by atoms with Gasteiger partial charge in [0.2, 0.25) is 11.8 Å². The monoisotopic (exact) mass is 438 g/mol. The van der Waals surface area contributed by atoms with Crippen molar-refractivity contribution in [2.75, 3.05) is 39.9 Å². The van der Waals surface area contributed by atoms with Crippen LogP contribution >= 0.6 is 0 Å². The number of para-hydroxylation sites is 1. The number of piperidine rings is 1. The highest BCUT2D eigenvalue weighted by atomic mass is 16.5. The highest BCUT2D eigenvalue weighted by molar-refractivity contribution is 5.98. The van der Waals surface area contributed by atoms with Gasteiger partial charge >= 0.3 is 0 Å². The number of rotatable bonds is 7. The van der Waals surface area contributed by atoms with Crippen molar-refractivity contribution >= 4 is 28.6 Å². The Bertz CT molecular complexity index is 1020. The molecule has 8 heteroatoms. The Labute approximate surface area is 187 Å². The van der Waals surface area contributed by atoms with Crippen molar-refractivity contribution in [3.05, 3.63) is 41.6 Å². The van der Waals surface area contributed by atoms with Crippen LogP contribution in [0, 0.1) is 5.92 Å². The number of ether oxygens (including phenoxy) is 1. The van der Waals surface area contributed by atoms with Crippen LogP contribution in [0.5, 0.6) is 0 Å². The van der Waals surface area contributed by atoms with Gasteiger partial charge in [-0.15, -0.1) is 0 Å². The van der Waals surface area contributed by atoms with Gasteiger partial charge in [0.05, 0.1) is 22.7 Å². The van der Waals surface area contributed by atoms with Crippen LogP contribution in [0.4, 0.5) is 0 Å². The Hall–Kier alpha value is -3.00. The Kier molecular flexibility index (Phi) is 6.69. The summed E-state index contributed by atoms with van der Waals surface area (Å²) in [7, 11) is 1.64. The van der Waals surface area contributed by atoms with Crippen molar-refractivity contribution in [1.29, 1.82) is 0 Å². The van der Waals surface area contributed by atoms with Gasteiger partial charge < -0.3 is 20.3 Å². The SMILES string of the molecule is COCCCN1C[C@@H](C(=O)N2CCC(c3nc4ccccc4cc3C(N)=O)CC2)CC1=O. The molecule has 2 fully saturated rings. The van der Waals surface area contributed by atoms with Gasteiger partial charge in [-0.05, 0) is 31.4 Å². The summed E-state index contributed by atoms with van der Waals surface area (Å²) < 4.78 is 5.05. The van der Waals surface area contributed by atoms with E-state index in [4.69, 9.17) is 15.5 Å². The summed E-state index contributed by atoms with van der Waals surface area (Å²) in [6, 6.07) is 9.50. The topological polar surface area (TPSA) is 106 Å². The Balaban J connectivity index is 1.40. The second kappa shape index (κ2) is 9.65. The van der Waals surface area contributed by atoms with Gasteiger partial charge in [0, 0.05) is 57.6 Å². The molecule has 32 heavy (non-hydrogen) atoms. The fraction of sp³-hybridized carbons (Fsp3) is 0.500. The van der Waals surface area contributed by atoms with Crippen molar-refractivity contribution in [1.82, 2.24) is 14.8 Å². The lowest BCUT2D eigenvalue weighted by molar-refractivity contribution is -0.136. The van der Waals surface area contributed by atoms with E-state index in [1.807, 2.05) is 35.2 Å². The van der Waals surface area contributed by atoms with Crippen molar-refractivity contribution in [2.45, 2.75) is 31.6 Å². The molecule has 0 bridgehead atoms. The second-order valence-electron chi connectivity index (χ2n) is 8.66. The molecule has 0 unspecified atom stereocenters. The summed E-state index contributed by atoms with van der Waals surface area (Å²) in [6.07, 6.45) is 2.49. The quantitative estimate of drug-likeness (QED) is 0.665. The zero-order valence-corrected chi connectivity index (χ0v) is 18.5. The molecule has 2 aliphatic rings. The number of likely N-dealkylation sites (tertiary alicyclic amines) is 2. The van der Waals surface area contributed by atoms with Gasteiger partial charge in [-0.2, -0.15) is 0 Å². The fourth-order valence-electron chi connectivity index (χ4n) is 4.82. The van der Waals surface area contributed by atoms with Crippen LogP contribution in [0.3, 0.4) is 0 Å². The molecule has 3 amide bonds. The summed E-state index contributed by atoms with van der Waals surface area (Å²) in [5.41, 5.74) is 7.67. The molecule has 8 nitrogen and oxygen atoms in total. The summed E-state index contributed by atoms with van der Waals surface area (Å²) in [6.45, 7) is 2.89. The minimum Gasteiger partial charge on any atom is -0.385 e. The third-order valence-electron chi connectivity index (χ3n) is 6.55. The number of carbonyl (C=O) groups excluding carboxylic acids is 3. The van der Waals surface area contributed by atoms with Crippen LogP contribution in [0.2, 0.25) is 0 Å². The Morgan fingerprint density at radius 1 is 1.22 bits per heavy atom. The third-order valence-corrected chi connectivity index (χ3v) is 6.55. The lowest BCUT2D eigenvalue weighted by Crippen LogP contribution is -2.42. The number of aromatic nitrogens is 1. The largest absolute Gasteiger partial charge is 0.385 e. The summed E-state index contributed by atoms with van der Waals surface area (Å²) in [5, 5.41) is 0.888. The van der Waals surface area contributed by atoms with Crippen LogP contribution in [-0.2, 0) is 14.3 Å². The fourth-order valence-corrected chi connectivity index (χ4v) is 4.82. The number of amides is 3. The number of methoxy groups -OCH3 is 1. The highest BCUT2D eigenvalue weighted by Gasteiger charge is 2.37. The van der Waals surface area contributed by atoms with Gasteiger partial charge in [-0.25, -0.2) is 0 Å². The first-order valence-electron chi connectivity index (χ1n) is 11.2. The molecule has 0 spiro atoms. The van der Waals surface area contributed by atoms with Crippen molar-refractivity contribution in [3.8, 4) is 0 Å². The normalized spacial score (nSPS) is 19.7. The van der Waals surface area contributed by atoms with E-state index < -0.39 is 5.91 Å². The summed E-state index contributed by atoms with van der Waals surface area (Å²) in [5.74, 6) is -0.591. The number of hydrogen-bond donors (Lipinski definition) is 1. The molecule has 3 heterocycles. The van der Waals surface area contributed by atoms with E-state index in [0.29, 0.717) is 38.3 Å². The van der Waals surface area contributed by atoms with Crippen molar-refractivity contribution in [3.63, 3.8) is 0 Å². The van der Waals surface area contributed by atoms with Crippen LogP contribution in [0.15, 0.2) is 30.3 Å². The molecule has 1 aromatic carbocycles. The molecule has 1 aromatic heterocycles. The smallest absolute Gasteiger partial charge is 0.250 e. The number of benzene rings is 1. The van der Waals surface area contributed by atoms with Crippen LogP contribution in [0.25, 0.3) is 10.9 Å². The first-order chi connectivity index (χ1) is 15.5. The maximum absolute atomic E-state index is 13.0. The number of fused-ring (bicyclic) bond motifs is 1. The summed E-state index contributed by atoms with van der Waals surface area (Å²) >= 11 is 0. The van der Waals surface area contributed by atoms with Crippen molar-refractivity contribution in [2.24, 2.45) is 11.7 Å². The average molecular weight is 439 g/mol. The molecule has 0 aliphatic carbocycles. The zero-order valence-electron chi connectivity index (χ0n) is 18.5. The lowest BCUT2D eigenvalue weighted by Gasteiger charge is -2.33. The van der Waals surface area contributed by atoms with Crippen molar-refractivity contribution < 1.29 is 19.1 Å². The predicted octanol–water partition coefficient (Wildman–Crippen LogP) is 1.92. The van der Waals surface area contributed by atoms with E-state index in [1.165, 1.54) is 0 Å². The molecule has 0 radical (unpaired) electrons. The molecule has 1 atom stereocenters. The van der Waals surface area contributed by atoms with Crippen LogP contribution < -0.4 is 5.73 Å². The minimum absolute atomic E-state index is 0.0424. The molecule has 4 rings (SSSR count). The predicted molar refractivity (Wildman–Crippen MR) is 120 cm³/mol. The van der Waals surface area contributed by atoms with Gasteiger partial charge in [0.15, 0.2) is 0 Å². The number of hydrogen-bond acceptors (Lipinski definition) is 5. The van der Waals surface area contributed by atoms with Gasteiger partial charge in [-0.1, -0.05) is 18.2 Å². The second-order valence-corrected chi connectivity index (χ2v) is 8.66. The maximum Gasteiger partial charge on any atom is 0.250 e. The zero-order chi connectivity index (χ0) is 22.7. The molecular formula is C24H30N4O4. The number of nitrogens with zero attached hydrogens (tertiary/aromatic N) is 3. The summed E-state index contributed by atoms with van der Waals surface area (Å²) in [4.78, 5) is 45.8.